The third-order valence-corrected chi connectivity index (χ3v) is 5.30. The van der Waals surface area contributed by atoms with Gasteiger partial charge in [0.2, 0.25) is 0 Å². The Morgan fingerprint density at radius 3 is 2.71 bits per heavy atom. The molecule has 0 saturated carbocycles. The molecule has 0 bridgehead atoms. The van der Waals surface area contributed by atoms with Crippen molar-refractivity contribution in [3.8, 4) is 0 Å². The van der Waals surface area contributed by atoms with Gasteiger partial charge in [-0.05, 0) is 34.1 Å². The average Bonchev–Trinajstić information content (AvgIpc) is 2.98. The third kappa shape index (κ3) is 2.23. The van der Waals surface area contributed by atoms with E-state index in [1.165, 1.54) is 16.2 Å². The van der Waals surface area contributed by atoms with Crippen LogP contribution in [-0.2, 0) is 10.4 Å². The number of likely N-dealkylation sites (N-methyl/N-ethyl adjacent to an activating group) is 1. The Balaban J connectivity index is 1.97. The minimum Gasteiger partial charge on any atom is -0.375 e. The van der Waals surface area contributed by atoms with Gasteiger partial charge >= 0.3 is 0 Å². The average molecular weight is 366 g/mol. The monoisotopic (exact) mass is 365 g/mol. The van der Waals surface area contributed by atoms with E-state index in [0.717, 1.165) is 3.79 Å². The van der Waals surface area contributed by atoms with Crippen LogP contribution in [0.5, 0.6) is 0 Å². The first kappa shape index (κ1) is 14.4. The number of anilines is 1. The van der Waals surface area contributed by atoms with Crippen molar-refractivity contribution in [2.75, 3.05) is 11.9 Å². The van der Waals surface area contributed by atoms with E-state index in [9.17, 15) is 14.7 Å². The molecule has 1 atom stereocenters. The van der Waals surface area contributed by atoms with E-state index >= 15 is 0 Å². The normalized spacial score (nSPS) is 20.7. The molecule has 4 nitrogen and oxygen atoms in total. The molecular weight excluding hydrogens is 354 g/mol. The second kappa shape index (κ2) is 5.05. The van der Waals surface area contributed by atoms with Crippen LogP contribution in [0.3, 0.4) is 0 Å². The third-order valence-electron chi connectivity index (χ3n) is 3.63. The van der Waals surface area contributed by atoms with Crippen LogP contribution in [0.4, 0.5) is 5.69 Å². The lowest BCUT2D eigenvalue weighted by molar-refractivity contribution is -0.135. The lowest BCUT2D eigenvalue weighted by Crippen LogP contribution is -2.40. The molecule has 1 N–H and O–H groups in total. The number of halogens is 1. The van der Waals surface area contributed by atoms with Gasteiger partial charge in [-0.2, -0.15) is 0 Å². The number of fused-ring (bicyclic) bond motifs is 1. The minimum atomic E-state index is -1.78. The van der Waals surface area contributed by atoms with Gasteiger partial charge in [0.15, 0.2) is 11.4 Å². The summed E-state index contributed by atoms with van der Waals surface area (Å²) in [6.07, 6.45) is -0.250. The number of hydrogen-bond donors (Lipinski definition) is 1. The first-order valence-corrected chi connectivity index (χ1v) is 7.93. The summed E-state index contributed by atoms with van der Waals surface area (Å²) in [6, 6.07) is 10.5. The molecule has 1 aromatic heterocycles. The van der Waals surface area contributed by atoms with Crippen molar-refractivity contribution in [2.45, 2.75) is 12.0 Å². The van der Waals surface area contributed by atoms with Gasteiger partial charge in [0, 0.05) is 12.6 Å². The maximum absolute atomic E-state index is 12.4. The molecule has 0 radical (unpaired) electrons. The number of carbonyl (C=O) groups excluding carboxylic acids is 2. The van der Waals surface area contributed by atoms with Crippen molar-refractivity contribution in [3.05, 3.63) is 50.6 Å². The molecule has 3 rings (SSSR count). The maximum atomic E-state index is 12.4. The topological polar surface area (TPSA) is 57.6 Å². The van der Waals surface area contributed by atoms with Crippen molar-refractivity contribution < 1.29 is 14.7 Å². The predicted octanol–water partition coefficient (Wildman–Crippen LogP) is 2.95. The number of ketones is 1. The molecule has 2 heterocycles. The van der Waals surface area contributed by atoms with Gasteiger partial charge in [0.25, 0.3) is 5.91 Å². The number of amides is 1. The Bertz CT molecular complexity index is 742. The lowest BCUT2D eigenvalue weighted by Gasteiger charge is -2.20. The Kier molecular flexibility index (Phi) is 3.47. The van der Waals surface area contributed by atoms with Gasteiger partial charge in [0.1, 0.15) is 0 Å². The van der Waals surface area contributed by atoms with Crippen LogP contribution < -0.4 is 4.90 Å². The molecule has 0 unspecified atom stereocenters. The van der Waals surface area contributed by atoms with Crippen molar-refractivity contribution >= 4 is 44.6 Å². The number of carbonyl (C=O) groups is 2. The van der Waals surface area contributed by atoms with Gasteiger partial charge in [-0.15, -0.1) is 11.3 Å². The van der Waals surface area contributed by atoms with Crippen molar-refractivity contribution in [1.82, 2.24) is 0 Å². The first-order valence-electron chi connectivity index (χ1n) is 6.32. The van der Waals surface area contributed by atoms with E-state index in [0.29, 0.717) is 16.1 Å². The van der Waals surface area contributed by atoms with Crippen molar-refractivity contribution in [3.63, 3.8) is 0 Å². The maximum Gasteiger partial charge on any atom is 0.263 e. The Morgan fingerprint density at radius 2 is 2.05 bits per heavy atom. The molecule has 1 aliphatic rings. The fraction of sp³-hybridized carbons (Fsp3) is 0.200. The number of aliphatic hydroxyl groups is 1. The smallest absolute Gasteiger partial charge is 0.263 e. The molecule has 1 amide bonds. The van der Waals surface area contributed by atoms with Gasteiger partial charge in [-0.3, -0.25) is 9.59 Å². The molecule has 0 fully saturated rings. The fourth-order valence-electron chi connectivity index (χ4n) is 2.57. The molecule has 0 spiro atoms. The van der Waals surface area contributed by atoms with Crippen LogP contribution in [-0.4, -0.2) is 23.8 Å². The highest BCUT2D eigenvalue weighted by Gasteiger charge is 2.49. The molecule has 1 aromatic carbocycles. The van der Waals surface area contributed by atoms with Gasteiger partial charge < -0.3 is 10.0 Å². The summed E-state index contributed by atoms with van der Waals surface area (Å²) in [6.45, 7) is 0. The van der Waals surface area contributed by atoms with Crippen LogP contribution in [0.2, 0.25) is 0 Å². The second-order valence-electron chi connectivity index (χ2n) is 4.95. The Hall–Kier alpha value is -1.50. The van der Waals surface area contributed by atoms with E-state index in [2.05, 4.69) is 15.9 Å². The van der Waals surface area contributed by atoms with Gasteiger partial charge in [0.05, 0.1) is 20.8 Å². The number of rotatable bonds is 3. The summed E-state index contributed by atoms with van der Waals surface area (Å²) < 4.78 is 0.841. The summed E-state index contributed by atoms with van der Waals surface area (Å²) in [4.78, 5) is 26.6. The predicted molar refractivity (Wildman–Crippen MR) is 84.7 cm³/mol. The summed E-state index contributed by atoms with van der Waals surface area (Å²) in [5.41, 5.74) is -0.648. The van der Waals surface area contributed by atoms with Crippen LogP contribution in [0.25, 0.3) is 0 Å². The highest BCUT2D eigenvalue weighted by molar-refractivity contribution is 9.11. The Labute approximate surface area is 134 Å². The zero-order valence-electron chi connectivity index (χ0n) is 11.2. The lowest BCUT2D eigenvalue weighted by atomic mass is 9.89. The molecular formula is C15H12BrNO3S. The molecule has 1 aliphatic heterocycles. The quantitative estimate of drug-likeness (QED) is 0.850. The Morgan fingerprint density at radius 1 is 1.33 bits per heavy atom. The molecule has 0 aliphatic carbocycles. The fourth-order valence-corrected chi connectivity index (χ4v) is 3.90. The second-order valence-corrected chi connectivity index (χ2v) is 7.41. The van der Waals surface area contributed by atoms with Crippen LogP contribution in [0.1, 0.15) is 21.7 Å². The number of para-hydroxylation sites is 1. The number of benzene rings is 1. The first-order chi connectivity index (χ1) is 9.93. The number of hydrogen-bond acceptors (Lipinski definition) is 4. The standard InChI is InChI=1S/C15H12BrNO3S/c1-17-10-5-3-2-4-9(10)15(20,14(17)19)8-11(18)12-6-7-13(16)21-12/h2-7,20H,8H2,1H3/t15-/m0/s1. The van der Waals surface area contributed by atoms with E-state index in [-0.39, 0.29) is 12.2 Å². The zero-order valence-corrected chi connectivity index (χ0v) is 13.6. The number of nitrogens with zero attached hydrogens (tertiary/aromatic N) is 1. The SMILES string of the molecule is CN1C(=O)[C@](O)(CC(=O)c2ccc(Br)s2)c2ccccc21. The summed E-state index contributed by atoms with van der Waals surface area (Å²) >= 11 is 4.59. The number of thiophene rings is 1. The molecule has 2 aromatic rings. The molecule has 108 valence electrons. The molecule has 0 saturated heterocycles. The van der Waals surface area contributed by atoms with E-state index in [1.54, 1.807) is 43.4 Å². The molecule has 6 heteroatoms. The van der Waals surface area contributed by atoms with Crippen LogP contribution in [0.15, 0.2) is 40.2 Å². The van der Waals surface area contributed by atoms with Gasteiger partial charge in [-0.1, -0.05) is 18.2 Å². The zero-order chi connectivity index (χ0) is 15.2. The van der Waals surface area contributed by atoms with Crippen molar-refractivity contribution in [2.24, 2.45) is 0 Å². The summed E-state index contributed by atoms with van der Waals surface area (Å²) in [5, 5.41) is 10.8. The van der Waals surface area contributed by atoms with Gasteiger partial charge in [-0.25, -0.2) is 0 Å². The van der Waals surface area contributed by atoms with Crippen LogP contribution >= 0.6 is 27.3 Å². The van der Waals surface area contributed by atoms with Crippen molar-refractivity contribution in [1.29, 1.82) is 0 Å². The highest BCUT2D eigenvalue weighted by Crippen LogP contribution is 2.42. The summed E-state index contributed by atoms with van der Waals surface area (Å²) in [7, 11) is 1.60. The number of Topliss-reactive ketones (excluding diaryl/α,β-unsaturated/α-hetero) is 1. The molecule has 21 heavy (non-hydrogen) atoms. The van der Waals surface area contributed by atoms with E-state index in [1.807, 2.05) is 0 Å². The van der Waals surface area contributed by atoms with E-state index in [4.69, 9.17) is 0 Å². The van der Waals surface area contributed by atoms with Crippen LogP contribution in [0, 0.1) is 0 Å². The van der Waals surface area contributed by atoms with E-state index < -0.39 is 11.5 Å². The minimum absolute atomic E-state index is 0.244. The summed E-state index contributed by atoms with van der Waals surface area (Å²) in [5.74, 6) is -0.709. The highest BCUT2D eigenvalue weighted by atomic mass is 79.9. The largest absolute Gasteiger partial charge is 0.375 e.